The number of aromatic hydroxyl groups is 1. The molecular weight excluding hydrogens is 831 g/mol. The second kappa shape index (κ2) is 16.2. The highest BCUT2D eigenvalue weighted by molar-refractivity contribution is 7.07. The van der Waals surface area contributed by atoms with Gasteiger partial charge in [-0.2, -0.15) is 0 Å². The zero-order valence-corrected chi connectivity index (χ0v) is 40.1. The molecule has 67 heavy (non-hydrogen) atoms. The molecule has 0 amide bonds. The first-order valence-electron chi connectivity index (χ1n) is 31.5. The predicted molar refractivity (Wildman–Crippen MR) is 289 cm³/mol. The third kappa shape index (κ3) is 8.41. The maximum atomic E-state index is 13.2. The highest BCUT2D eigenvalue weighted by Gasteiger charge is 2.38. The van der Waals surface area contributed by atoms with Crippen LogP contribution in [0.15, 0.2) is 140 Å². The van der Waals surface area contributed by atoms with Crippen molar-refractivity contribution in [1.29, 1.82) is 0 Å². The first-order valence-corrected chi connectivity index (χ1v) is 25.5. The molecule has 5 heteroatoms. The Balaban J connectivity index is 1.52. The maximum absolute atomic E-state index is 13.2. The lowest BCUT2D eigenvalue weighted by atomic mass is 9.79. The minimum absolute atomic E-state index is 0.209. The normalized spacial score (nSPS) is 19.2. The Bertz CT molecular complexity index is 3870. The Morgan fingerprint density at radius 1 is 0.552 bits per heavy atom. The summed E-state index contributed by atoms with van der Waals surface area (Å²) in [5.74, 6) is -1.71. The van der Waals surface area contributed by atoms with Crippen LogP contribution < -0.4 is 5.19 Å². The van der Waals surface area contributed by atoms with E-state index in [0.717, 1.165) is 49.8 Å². The smallest absolute Gasteiger partial charge is 0.149 e. The number of fused-ring (bicyclic) bond motifs is 2. The van der Waals surface area contributed by atoms with Crippen LogP contribution in [0.2, 0.25) is 13.1 Å². The number of hydrogen-bond acceptors (Lipinski definition) is 3. The van der Waals surface area contributed by atoms with Crippen LogP contribution in [0, 0.1) is 0 Å². The summed E-state index contributed by atoms with van der Waals surface area (Å²) < 4.78 is 161. The third-order valence-electron chi connectivity index (χ3n) is 13.1. The lowest BCUT2D eigenvalue weighted by molar-refractivity contribution is 0.446. The van der Waals surface area contributed by atoms with Gasteiger partial charge in [-0.3, -0.25) is 9.55 Å². The number of para-hydroxylation sites is 1. The third-order valence-corrected chi connectivity index (χ3v) is 16.7. The molecule has 2 aromatic heterocycles. The quantitative estimate of drug-likeness (QED) is 0.169. The number of hydrogen-bond donors (Lipinski definition) is 1. The van der Waals surface area contributed by atoms with Crippen molar-refractivity contribution in [2.75, 3.05) is 0 Å². The minimum Gasteiger partial charge on any atom is -0.507 e. The van der Waals surface area contributed by atoms with Crippen LogP contribution in [0.5, 0.6) is 5.75 Å². The van der Waals surface area contributed by atoms with E-state index >= 15 is 0 Å². The van der Waals surface area contributed by atoms with Gasteiger partial charge in [0.2, 0.25) is 0 Å². The summed E-state index contributed by atoms with van der Waals surface area (Å²) in [7, 11) is -2.68. The monoisotopic (exact) mass is 916 g/mol. The van der Waals surface area contributed by atoms with Crippen LogP contribution in [0.4, 0.5) is 0 Å². The van der Waals surface area contributed by atoms with E-state index in [2.05, 4.69) is 72.8 Å². The number of benzene rings is 6. The van der Waals surface area contributed by atoms with Crippen molar-refractivity contribution < 1.29 is 29.8 Å². The van der Waals surface area contributed by atoms with Gasteiger partial charge in [0.25, 0.3) is 0 Å². The van der Waals surface area contributed by atoms with Crippen LogP contribution in [0.3, 0.4) is 0 Å². The molecule has 340 valence electrons. The van der Waals surface area contributed by atoms with E-state index in [1.54, 1.807) is 22.9 Å². The van der Waals surface area contributed by atoms with E-state index in [1.807, 2.05) is 97.1 Å². The first kappa shape index (κ1) is 28.8. The molecule has 0 atom stereocenters. The molecule has 9 rings (SSSR count). The molecule has 6 aromatic carbocycles. The summed E-state index contributed by atoms with van der Waals surface area (Å²) in [5.41, 5.74) is -3.74. The van der Waals surface area contributed by atoms with E-state index in [1.165, 1.54) is 0 Å². The fraction of sp³-hybridized carbons (Fsp3) is 0.290. The number of phenolic OH excluding ortho intramolecular Hbond substituents is 1. The first-order chi connectivity index (χ1) is 38.9. The fourth-order valence-corrected chi connectivity index (χ4v) is 12.4. The molecule has 0 saturated heterocycles. The van der Waals surface area contributed by atoms with Crippen LogP contribution in [0.25, 0.3) is 72.9 Å². The van der Waals surface area contributed by atoms with E-state index in [0.29, 0.717) is 39.7 Å². The van der Waals surface area contributed by atoms with Crippen molar-refractivity contribution in [3.8, 4) is 56.3 Å². The molecule has 8 aromatic rings. The number of pyridine rings is 1. The van der Waals surface area contributed by atoms with Gasteiger partial charge in [-0.15, -0.1) is 0 Å². The summed E-state index contributed by atoms with van der Waals surface area (Å²) in [6.45, 7) is -7.81. The number of phenols is 1. The van der Waals surface area contributed by atoms with Crippen LogP contribution in [-0.4, -0.2) is 27.7 Å². The van der Waals surface area contributed by atoms with Crippen LogP contribution in [0.1, 0.15) is 141 Å². The summed E-state index contributed by atoms with van der Waals surface area (Å²) in [6.07, 6.45) is 3.84. The topological polar surface area (TPSA) is 50.9 Å². The molecule has 0 aliphatic carbocycles. The van der Waals surface area contributed by atoms with Gasteiger partial charge in [0, 0.05) is 47.6 Å². The van der Waals surface area contributed by atoms with E-state index in [-0.39, 0.29) is 11.3 Å². The van der Waals surface area contributed by atoms with Crippen molar-refractivity contribution >= 4 is 35.6 Å². The van der Waals surface area contributed by atoms with E-state index < -0.39 is 93.3 Å². The van der Waals surface area contributed by atoms with Crippen molar-refractivity contribution in [2.24, 2.45) is 0 Å². The molecule has 3 heterocycles. The molecule has 1 aliphatic rings. The number of imidazole rings is 1. The Labute approximate surface area is 425 Å². The zero-order valence-electron chi connectivity index (χ0n) is 57.1. The molecule has 0 saturated carbocycles. The highest BCUT2D eigenvalue weighted by Crippen LogP contribution is 2.47. The summed E-state index contributed by atoms with van der Waals surface area (Å²) in [4.78, 5) is 10.1. The molecule has 1 aliphatic heterocycles. The Morgan fingerprint density at radius 2 is 1.22 bits per heavy atom. The zero-order chi connectivity index (χ0) is 63.0. The van der Waals surface area contributed by atoms with Gasteiger partial charge in [-0.05, 0) is 125 Å². The summed E-state index contributed by atoms with van der Waals surface area (Å²) in [6, 6.07) is 39.9. The number of nitrogens with zero attached hydrogens (tertiary/aromatic N) is 3. The van der Waals surface area contributed by atoms with Crippen LogP contribution >= 0.6 is 0 Å². The molecule has 0 fully saturated rings. The average molecular weight is 916 g/mol. The maximum Gasteiger partial charge on any atom is 0.149 e. The molecule has 4 nitrogen and oxygen atoms in total. The Kier molecular flexibility index (Phi) is 6.96. The molecule has 0 unspecified atom stereocenters. The standard InChI is InChI=1S/C62H67N3OSi/c1-59(2,3)44-27-28-52(48(36-44)55-35-41-23-18-19-26-54(41)67(55,13)14)65-53-25-20-24-47(56(53)64-58(65)49-37-46(61(7,8)9)38-50(57(49)66)62(10,11)12)42-31-43(33-45(32-42)60(4,5)6)51-34-40(29-30-63-51)39-21-16-15-17-22-39/h15-38,66H,1-14H3/i7D3,8D3,9D3,10D3,11D3,12D3. The predicted octanol–water partition coefficient (Wildman–Crippen LogP) is 16.0. The highest BCUT2D eigenvalue weighted by atomic mass is 28.3. The van der Waals surface area contributed by atoms with Gasteiger partial charge in [0.05, 0.1) is 28.0 Å². The average Bonchev–Trinajstić information content (AvgIpc) is 0.783. The van der Waals surface area contributed by atoms with Crippen molar-refractivity contribution in [3.63, 3.8) is 0 Å². The van der Waals surface area contributed by atoms with Gasteiger partial charge in [-0.25, -0.2) is 4.98 Å². The van der Waals surface area contributed by atoms with E-state index in [4.69, 9.17) is 34.6 Å². The van der Waals surface area contributed by atoms with Crippen LogP contribution in [-0.2, 0) is 21.7 Å². The Hall–Kier alpha value is -6.30. The summed E-state index contributed by atoms with van der Waals surface area (Å²) >= 11 is 0. The second-order valence-corrected chi connectivity index (χ2v) is 24.8. The summed E-state index contributed by atoms with van der Waals surface area (Å²) in [5, 5.41) is 15.3. The molecular formula is C62H67N3OSi. The number of rotatable bonds is 6. The fourth-order valence-electron chi connectivity index (χ4n) is 9.33. The second-order valence-electron chi connectivity index (χ2n) is 20.5. The van der Waals surface area contributed by atoms with Crippen molar-refractivity contribution in [3.05, 3.63) is 173 Å². The number of aromatic nitrogens is 3. The van der Waals surface area contributed by atoms with Gasteiger partial charge < -0.3 is 5.11 Å². The van der Waals surface area contributed by atoms with Gasteiger partial charge >= 0.3 is 0 Å². The van der Waals surface area contributed by atoms with Gasteiger partial charge in [0.1, 0.15) is 19.6 Å². The van der Waals surface area contributed by atoms with Gasteiger partial charge in [-0.1, -0.05) is 187 Å². The molecule has 0 bridgehead atoms. The van der Waals surface area contributed by atoms with Gasteiger partial charge in [0.15, 0.2) is 0 Å². The minimum atomic E-state index is -4.14. The lowest BCUT2D eigenvalue weighted by Gasteiger charge is -2.29. The molecule has 0 radical (unpaired) electrons. The molecule has 1 N–H and O–H groups in total. The largest absolute Gasteiger partial charge is 0.507 e. The van der Waals surface area contributed by atoms with E-state index in [9.17, 15) is 5.11 Å². The molecule has 0 spiro atoms. The van der Waals surface area contributed by atoms with Crippen molar-refractivity contribution in [1.82, 2.24) is 14.5 Å². The van der Waals surface area contributed by atoms with Crippen molar-refractivity contribution in [2.45, 2.75) is 117 Å². The lowest BCUT2D eigenvalue weighted by Crippen LogP contribution is -2.41. The Morgan fingerprint density at radius 3 is 1.93 bits per heavy atom. The SMILES string of the molecule is [2H]C([2H])([2H])C(c1cc(-c2nc3c(-c4cc(-c5cc(-c6ccccc6)ccn5)cc(C(C)(C)C)c4)cccc3n2-c2ccc(C(C)(C)C)cc2C2=Cc3ccccc3[Si]2(C)C)c(O)c(C(C([2H])([2H])[2H])(C([2H])([2H])[2H])C([2H])([2H])[2H])c1)(C([2H])([2H])[2H])C([2H])([2H])[2H].